The van der Waals surface area contributed by atoms with Gasteiger partial charge < -0.3 is 10.1 Å². The lowest BCUT2D eigenvalue weighted by atomic mass is 10.2. The fourth-order valence-electron chi connectivity index (χ4n) is 1.44. The molecule has 0 radical (unpaired) electrons. The van der Waals surface area contributed by atoms with Crippen LogP contribution in [0.1, 0.15) is 19.8 Å². The molecule has 1 aromatic carbocycles. The van der Waals surface area contributed by atoms with Crippen molar-refractivity contribution in [3.8, 4) is 5.75 Å². The van der Waals surface area contributed by atoms with Gasteiger partial charge in [-0.25, -0.2) is 0 Å². The standard InChI is InChI=1S/C13H18BrNO2/c1-2-11(8-9-14)15-13(16)10-17-12-6-4-3-5-7-12/h3-7,11H,2,8-10H2,1H3,(H,15,16). The molecule has 1 amide bonds. The minimum absolute atomic E-state index is 0.0679. The van der Waals surface area contributed by atoms with E-state index in [4.69, 9.17) is 4.74 Å². The fraction of sp³-hybridized carbons (Fsp3) is 0.462. The molecule has 17 heavy (non-hydrogen) atoms. The van der Waals surface area contributed by atoms with Crippen molar-refractivity contribution in [2.45, 2.75) is 25.8 Å². The van der Waals surface area contributed by atoms with E-state index in [1.807, 2.05) is 30.3 Å². The number of alkyl halides is 1. The maximum atomic E-state index is 11.6. The van der Waals surface area contributed by atoms with Crippen LogP contribution in [0.15, 0.2) is 30.3 Å². The van der Waals surface area contributed by atoms with E-state index >= 15 is 0 Å². The van der Waals surface area contributed by atoms with Crippen LogP contribution in [0.25, 0.3) is 0 Å². The van der Waals surface area contributed by atoms with Crippen LogP contribution >= 0.6 is 15.9 Å². The lowest BCUT2D eigenvalue weighted by molar-refractivity contribution is -0.123. The quantitative estimate of drug-likeness (QED) is 0.786. The Balaban J connectivity index is 2.30. The van der Waals surface area contributed by atoms with Crippen LogP contribution in [0.5, 0.6) is 5.75 Å². The van der Waals surface area contributed by atoms with Crippen LogP contribution < -0.4 is 10.1 Å². The predicted octanol–water partition coefficient (Wildman–Crippen LogP) is 2.75. The van der Waals surface area contributed by atoms with Crippen LogP contribution in [0.4, 0.5) is 0 Å². The van der Waals surface area contributed by atoms with Crippen LogP contribution in [0.3, 0.4) is 0 Å². The molecule has 0 aliphatic carbocycles. The summed E-state index contributed by atoms with van der Waals surface area (Å²) in [5, 5.41) is 3.84. The molecule has 3 nitrogen and oxygen atoms in total. The Morgan fingerprint density at radius 2 is 2.12 bits per heavy atom. The van der Waals surface area contributed by atoms with Gasteiger partial charge in [0.15, 0.2) is 6.61 Å². The Morgan fingerprint density at radius 3 is 2.71 bits per heavy atom. The van der Waals surface area contributed by atoms with E-state index in [-0.39, 0.29) is 18.6 Å². The lowest BCUT2D eigenvalue weighted by Gasteiger charge is -2.15. The molecule has 0 bridgehead atoms. The molecular formula is C13H18BrNO2. The highest BCUT2D eigenvalue weighted by atomic mass is 79.9. The monoisotopic (exact) mass is 299 g/mol. The Bertz CT molecular complexity index is 329. The zero-order chi connectivity index (χ0) is 12.5. The van der Waals surface area contributed by atoms with Crippen molar-refractivity contribution in [3.63, 3.8) is 0 Å². The molecule has 1 unspecified atom stereocenters. The van der Waals surface area contributed by atoms with Crippen LogP contribution in [0.2, 0.25) is 0 Å². The van der Waals surface area contributed by atoms with Gasteiger partial charge in [-0.2, -0.15) is 0 Å². The van der Waals surface area contributed by atoms with Gasteiger partial charge in [0.1, 0.15) is 5.75 Å². The number of ether oxygens (including phenoxy) is 1. The molecule has 0 spiro atoms. The summed E-state index contributed by atoms with van der Waals surface area (Å²) in [5.74, 6) is 0.651. The van der Waals surface area contributed by atoms with Crippen molar-refractivity contribution in [1.29, 1.82) is 0 Å². The SMILES string of the molecule is CCC(CCBr)NC(=O)COc1ccccc1. The maximum absolute atomic E-state index is 11.6. The summed E-state index contributed by atoms with van der Waals surface area (Å²) in [7, 11) is 0. The molecule has 0 aliphatic heterocycles. The number of amides is 1. The predicted molar refractivity (Wildman–Crippen MR) is 72.6 cm³/mol. The second-order valence-corrected chi connectivity index (χ2v) is 4.55. The van der Waals surface area contributed by atoms with Gasteiger partial charge in [0.2, 0.25) is 0 Å². The molecule has 1 rings (SSSR count). The van der Waals surface area contributed by atoms with Gasteiger partial charge in [0.25, 0.3) is 5.91 Å². The maximum Gasteiger partial charge on any atom is 0.258 e. The molecule has 1 N–H and O–H groups in total. The highest BCUT2D eigenvalue weighted by Crippen LogP contribution is 2.08. The zero-order valence-corrected chi connectivity index (χ0v) is 11.6. The van der Waals surface area contributed by atoms with E-state index < -0.39 is 0 Å². The van der Waals surface area contributed by atoms with E-state index in [9.17, 15) is 4.79 Å². The average molecular weight is 300 g/mol. The minimum Gasteiger partial charge on any atom is -0.484 e. The number of carbonyl (C=O) groups excluding carboxylic acids is 1. The first-order valence-electron chi connectivity index (χ1n) is 5.79. The minimum atomic E-state index is -0.0679. The number of hydrogen-bond donors (Lipinski definition) is 1. The molecule has 0 aromatic heterocycles. The first-order chi connectivity index (χ1) is 8.26. The first-order valence-corrected chi connectivity index (χ1v) is 6.91. The summed E-state index contributed by atoms with van der Waals surface area (Å²) in [6.45, 7) is 2.13. The Labute approximate surface area is 111 Å². The summed E-state index contributed by atoms with van der Waals surface area (Å²) in [6.07, 6.45) is 1.87. The average Bonchev–Trinajstić information content (AvgIpc) is 2.37. The van der Waals surface area contributed by atoms with Gasteiger partial charge in [-0.1, -0.05) is 41.1 Å². The van der Waals surface area contributed by atoms with Crippen molar-refractivity contribution in [2.24, 2.45) is 0 Å². The number of para-hydroxylation sites is 1. The molecule has 0 saturated carbocycles. The van der Waals surface area contributed by atoms with E-state index in [1.165, 1.54) is 0 Å². The van der Waals surface area contributed by atoms with Crippen molar-refractivity contribution >= 4 is 21.8 Å². The van der Waals surface area contributed by atoms with Gasteiger partial charge in [-0.05, 0) is 25.0 Å². The van der Waals surface area contributed by atoms with E-state index in [1.54, 1.807) is 0 Å². The molecule has 0 heterocycles. The number of halogens is 1. The molecular weight excluding hydrogens is 282 g/mol. The zero-order valence-electron chi connectivity index (χ0n) is 9.99. The number of rotatable bonds is 7. The summed E-state index contributed by atoms with van der Waals surface area (Å²) < 4.78 is 5.37. The third kappa shape index (κ3) is 5.73. The molecule has 1 atom stereocenters. The van der Waals surface area contributed by atoms with E-state index in [0.717, 1.165) is 23.9 Å². The Morgan fingerprint density at radius 1 is 1.41 bits per heavy atom. The molecule has 4 heteroatoms. The number of hydrogen-bond acceptors (Lipinski definition) is 2. The molecule has 0 saturated heterocycles. The van der Waals surface area contributed by atoms with E-state index in [2.05, 4.69) is 28.2 Å². The van der Waals surface area contributed by atoms with Crippen LogP contribution in [-0.2, 0) is 4.79 Å². The largest absolute Gasteiger partial charge is 0.484 e. The van der Waals surface area contributed by atoms with Crippen molar-refractivity contribution in [2.75, 3.05) is 11.9 Å². The third-order valence-electron chi connectivity index (χ3n) is 2.43. The van der Waals surface area contributed by atoms with Crippen molar-refractivity contribution in [1.82, 2.24) is 5.32 Å². The normalized spacial score (nSPS) is 11.9. The summed E-state index contributed by atoms with van der Waals surface area (Å²) in [5.41, 5.74) is 0. The van der Waals surface area contributed by atoms with Crippen LogP contribution in [-0.4, -0.2) is 23.9 Å². The summed E-state index contributed by atoms with van der Waals surface area (Å²) in [6, 6.07) is 9.57. The van der Waals surface area contributed by atoms with Gasteiger partial charge >= 0.3 is 0 Å². The van der Waals surface area contributed by atoms with Gasteiger partial charge in [0, 0.05) is 11.4 Å². The molecule has 0 fully saturated rings. The topological polar surface area (TPSA) is 38.3 Å². The molecule has 94 valence electrons. The lowest BCUT2D eigenvalue weighted by Crippen LogP contribution is -2.37. The third-order valence-corrected chi connectivity index (χ3v) is 2.89. The second kappa shape index (κ2) is 8.12. The first kappa shape index (κ1) is 14.0. The fourth-order valence-corrected chi connectivity index (χ4v) is 2.00. The summed E-state index contributed by atoms with van der Waals surface area (Å²) in [4.78, 5) is 11.6. The van der Waals surface area contributed by atoms with Gasteiger partial charge in [0.05, 0.1) is 0 Å². The van der Waals surface area contributed by atoms with Crippen LogP contribution in [0, 0.1) is 0 Å². The Kier molecular flexibility index (Phi) is 6.70. The van der Waals surface area contributed by atoms with E-state index in [0.29, 0.717) is 0 Å². The number of carbonyl (C=O) groups is 1. The molecule has 0 aliphatic rings. The second-order valence-electron chi connectivity index (χ2n) is 3.75. The van der Waals surface area contributed by atoms with Gasteiger partial charge in [-0.15, -0.1) is 0 Å². The van der Waals surface area contributed by atoms with Gasteiger partial charge in [-0.3, -0.25) is 4.79 Å². The number of benzene rings is 1. The number of nitrogens with one attached hydrogen (secondary N) is 1. The van der Waals surface area contributed by atoms with Crippen molar-refractivity contribution in [3.05, 3.63) is 30.3 Å². The Hall–Kier alpha value is -1.03. The summed E-state index contributed by atoms with van der Waals surface area (Å²) >= 11 is 3.37. The highest BCUT2D eigenvalue weighted by molar-refractivity contribution is 9.09. The smallest absolute Gasteiger partial charge is 0.258 e. The van der Waals surface area contributed by atoms with Crippen molar-refractivity contribution < 1.29 is 9.53 Å². The molecule has 1 aromatic rings. The highest BCUT2D eigenvalue weighted by Gasteiger charge is 2.09.